The molecule has 0 spiro atoms. The molecular weight excluding hydrogens is 424 g/mol. The number of carbonyl (C=O) groups is 1. The molecular formula is C24H28N4O5. The van der Waals surface area contributed by atoms with E-state index in [1.54, 1.807) is 20.3 Å². The Morgan fingerprint density at radius 2 is 1.85 bits per heavy atom. The largest absolute Gasteiger partial charge is 0.494 e. The maximum atomic E-state index is 12.4. The van der Waals surface area contributed by atoms with E-state index in [0.29, 0.717) is 48.2 Å². The lowest BCUT2D eigenvalue weighted by Crippen LogP contribution is -2.27. The van der Waals surface area contributed by atoms with Crippen LogP contribution in [0, 0.1) is 0 Å². The number of nitrogens with zero attached hydrogens (tertiary/aromatic N) is 2. The average molecular weight is 453 g/mol. The minimum Gasteiger partial charge on any atom is -0.494 e. The molecule has 0 fully saturated rings. The van der Waals surface area contributed by atoms with Crippen LogP contribution in [0.25, 0.3) is 11.4 Å². The molecule has 1 amide bonds. The maximum Gasteiger partial charge on any atom is 0.273 e. The van der Waals surface area contributed by atoms with Crippen molar-refractivity contribution < 1.29 is 19.0 Å². The van der Waals surface area contributed by atoms with Crippen LogP contribution in [0.3, 0.4) is 0 Å². The highest BCUT2D eigenvalue weighted by atomic mass is 16.5. The normalized spacial score (nSPS) is 10.5. The van der Waals surface area contributed by atoms with Gasteiger partial charge in [-0.05, 0) is 43.2 Å². The van der Waals surface area contributed by atoms with Crippen LogP contribution in [-0.4, -0.2) is 48.5 Å². The molecule has 0 saturated carbocycles. The molecule has 0 aliphatic carbocycles. The number of benzene rings is 2. The molecule has 1 heterocycles. The fraction of sp³-hybridized carbons (Fsp3) is 0.333. The van der Waals surface area contributed by atoms with Gasteiger partial charge in [0.2, 0.25) is 5.91 Å². The standard InChI is InChI=1S/C24H28N4O5/c1-4-33-18-7-5-6-17(15-18)23-26-24(30)19(27-28-23)9-11-22(29)25-13-12-16-8-10-20(31-2)21(14-16)32-3/h5-8,10,14-15H,4,9,11-13H2,1-3H3,(H,25,29)(H,26,28,30). The molecule has 1 aromatic heterocycles. The second-order valence-corrected chi connectivity index (χ2v) is 7.20. The van der Waals surface area contributed by atoms with E-state index in [4.69, 9.17) is 14.2 Å². The van der Waals surface area contributed by atoms with Gasteiger partial charge in [0.15, 0.2) is 17.3 Å². The summed E-state index contributed by atoms with van der Waals surface area (Å²) >= 11 is 0. The van der Waals surface area contributed by atoms with Crippen molar-refractivity contribution in [1.82, 2.24) is 20.5 Å². The number of methoxy groups -OCH3 is 2. The number of ether oxygens (including phenoxy) is 3. The summed E-state index contributed by atoms with van der Waals surface area (Å²) in [4.78, 5) is 27.3. The molecule has 174 valence electrons. The smallest absolute Gasteiger partial charge is 0.273 e. The highest BCUT2D eigenvalue weighted by molar-refractivity contribution is 5.76. The number of H-pyrrole nitrogens is 1. The van der Waals surface area contributed by atoms with Gasteiger partial charge in [0, 0.05) is 24.9 Å². The van der Waals surface area contributed by atoms with Crippen molar-refractivity contribution in [1.29, 1.82) is 0 Å². The molecule has 0 aliphatic heterocycles. The maximum absolute atomic E-state index is 12.4. The van der Waals surface area contributed by atoms with Crippen LogP contribution >= 0.6 is 0 Å². The van der Waals surface area contributed by atoms with E-state index in [0.717, 1.165) is 5.56 Å². The number of aryl methyl sites for hydroxylation is 1. The predicted octanol–water partition coefficient (Wildman–Crippen LogP) is 2.54. The van der Waals surface area contributed by atoms with Crippen molar-refractivity contribution in [3.05, 3.63) is 64.1 Å². The summed E-state index contributed by atoms with van der Waals surface area (Å²) in [6, 6.07) is 12.9. The average Bonchev–Trinajstić information content (AvgIpc) is 2.83. The minimum atomic E-state index is -0.361. The SMILES string of the molecule is CCOc1cccc(-c2nnc(CCC(=O)NCCc3ccc(OC)c(OC)c3)c(=O)[nH]2)c1. The molecule has 0 aliphatic rings. The van der Waals surface area contributed by atoms with Crippen LogP contribution in [0.15, 0.2) is 47.3 Å². The van der Waals surface area contributed by atoms with E-state index in [2.05, 4.69) is 20.5 Å². The third-order valence-corrected chi connectivity index (χ3v) is 4.96. The second kappa shape index (κ2) is 11.7. The zero-order valence-electron chi connectivity index (χ0n) is 19.0. The number of aromatic amines is 1. The molecule has 33 heavy (non-hydrogen) atoms. The molecule has 9 heteroatoms. The van der Waals surface area contributed by atoms with Gasteiger partial charge in [-0.2, -0.15) is 0 Å². The number of amides is 1. The Balaban J connectivity index is 1.51. The van der Waals surface area contributed by atoms with Crippen LogP contribution in [0.5, 0.6) is 17.2 Å². The van der Waals surface area contributed by atoms with Gasteiger partial charge in [-0.15, -0.1) is 10.2 Å². The Morgan fingerprint density at radius 1 is 1.03 bits per heavy atom. The Labute approximate surface area is 192 Å². The van der Waals surface area contributed by atoms with Gasteiger partial charge in [-0.25, -0.2) is 0 Å². The number of rotatable bonds is 11. The summed E-state index contributed by atoms with van der Waals surface area (Å²) < 4.78 is 16.0. The number of nitrogens with one attached hydrogen (secondary N) is 2. The Morgan fingerprint density at radius 3 is 2.58 bits per heavy atom. The molecule has 9 nitrogen and oxygen atoms in total. The number of carbonyl (C=O) groups excluding carboxylic acids is 1. The van der Waals surface area contributed by atoms with E-state index in [1.807, 2.05) is 43.3 Å². The van der Waals surface area contributed by atoms with Crippen molar-refractivity contribution in [3.63, 3.8) is 0 Å². The first-order valence-electron chi connectivity index (χ1n) is 10.7. The number of aromatic nitrogens is 3. The van der Waals surface area contributed by atoms with Crippen LogP contribution in [0.2, 0.25) is 0 Å². The molecule has 0 unspecified atom stereocenters. The zero-order valence-corrected chi connectivity index (χ0v) is 19.0. The summed E-state index contributed by atoms with van der Waals surface area (Å²) in [5.74, 6) is 2.18. The summed E-state index contributed by atoms with van der Waals surface area (Å²) in [5.41, 5.74) is 1.57. The van der Waals surface area contributed by atoms with E-state index >= 15 is 0 Å². The van der Waals surface area contributed by atoms with E-state index < -0.39 is 0 Å². The minimum absolute atomic E-state index is 0.142. The van der Waals surface area contributed by atoms with Crippen molar-refractivity contribution in [2.45, 2.75) is 26.2 Å². The fourth-order valence-electron chi connectivity index (χ4n) is 3.26. The van der Waals surface area contributed by atoms with Gasteiger partial charge in [0.05, 0.1) is 20.8 Å². The highest BCUT2D eigenvalue weighted by Crippen LogP contribution is 2.27. The highest BCUT2D eigenvalue weighted by Gasteiger charge is 2.10. The molecule has 2 aromatic carbocycles. The van der Waals surface area contributed by atoms with E-state index in [-0.39, 0.29) is 30.0 Å². The van der Waals surface area contributed by atoms with Gasteiger partial charge in [-0.3, -0.25) is 9.59 Å². The third kappa shape index (κ3) is 6.55. The van der Waals surface area contributed by atoms with E-state index in [1.165, 1.54) is 0 Å². The molecule has 0 radical (unpaired) electrons. The summed E-state index contributed by atoms with van der Waals surface area (Å²) in [5, 5.41) is 11.0. The van der Waals surface area contributed by atoms with Gasteiger partial charge >= 0.3 is 0 Å². The topological polar surface area (TPSA) is 115 Å². The fourth-order valence-corrected chi connectivity index (χ4v) is 3.26. The lowest BCUT2D eigenvalue weighted by atomic mass is 10.1. The molecule has 3 rings (SSSR count). The lowest BCUT2D eigenvalue weighted by molar-refractivity contribution is -0.121. The Hall–Kier alpha value is -3.88. The van der Waals surface area contributed by atoms with Gasteiger partial charge in [-0.1, -0.05) is 18.2 Å². The molecule has 0 bridgehead atoms. The van der Waals surface area contributed by atoms with Gasteiger partial charge in [0.25, 0.3) is 5.56 Å². The number of hydrogen-bond acceptors (Lipinski definition) is 7. The van der Waals surface area contributed by atoms with Crippen molar-refractivity contribution in [2.24, 2.45) is 0 Å². The monoisotopic (exact) mass is 452 g/mol. The zero-order chi connectivity index (χ0) is 23.6. The molecule has 2 N–H and O–H groups in total. The molecule has 0 saturated heterocycles. The predicted molar refractivity (Wildman–Crippen MR) is 124 cm³/mol. The van der Waals surface area contributed by atoms with Crippen LogP contribution < -0.4 is 25.1 Å². The van der Waals surface area contributed by atoms with Crippen molar-refractivity contribution >= 4 is 5.91 Å². The van der Waals surface area contributed by atoms with Crippen molar-refractivity contribution in [3.8, 4) is 28.6 Å². The van der Waals surface area contributed by atoms with Gasteiger partial charge < -0.3 is 24.5 Å². The lowest BCUT2D eigenvalue weighted by Gasteiger charge is -2.10. The Bertz CT molecular complexity index is 1150. The van der Waals surface area contributed by atoms with Crippen LogP contribution in [0.4, 0.5) is 0 Å². The van der Waals surface area contributed by atoms with Crippen molar-refractivity contribution in [2.75, 3.05) is 27.4 Å². The van der Waals surface area contributed by atoms with Crippen LogP contribution in [-0.2, 0) is 17.6 Å². The summed E-state index contributed by atoms with van der Waals surface area (Å²) in [6.45, 7) is 2.90. The molecule has 0 atom stereocenters. The van der Waals surface area contributed by atoms with Gasteiger partial charge in [0.1, 0.15) is 11.4 Å². The van der Waals surface area contributed by atoms with E-state index in [9.17, 15) is 9.59 Å². The summed E-state index contributed by atoms with van der Waals surface area (Å²) in [6.07, 6.45) is 0.981. The molecule has 3 aromatic rings. The quantitative estimate of drug-likeness (QED) is 0.459. The first-order valence-corrected chi connectivity index (χ1v) is 10.7. The summed E-state index contributed by atoms with van der Waals surface area (Å²) in [7, 11) is 3.17. The second-order valence-electron chi connectivity index (χ2n) is 7.20. The first-order chi connectivity index (χ1) is 16.0. The van der Waals surface area contributed by atoms with Crippen LogP contribution in [0.1, 0.15) is 24.6 Å². The third-order valence-electron chi connectivity index (χ3n) is 4.96. The number of hydrogen-bond donors (Lipinski definition) is 2. The Kier molecular flexibility index (Phi) is 8.40. The first kappa shape index (κ1) is 23.8.